The fourth-order valence-corrected chi connectivity index (χ4v) is 2.95. The van der Waals surface area contributed by atoms with Crippen molar-refractivity contribution in [2.45, 2.75) is 25.7 Å². The summed E-state index contributed by atoms with van der Waals surface area (Å²) in [7, 11) is 0. The van der Waals surface area contributed by atoms with Crippen molar-refractivity contribution < 1.29 is 9.21 Å². The Bertz CT molecular complexity index is 924. The Labute approximate surface area is 145 Å². The molecule has 0 aliphatic heterocycles. The minimum absolute atomic E-state index is 0.147. The molecule has 3 aromatic rings. The molecular formula is C19H20N4O2. The Kier molecular flexibility index (Phi) is 4.09. The first-order valence-electron chi connectivity index (χ1n) is 8.55. The molecule has 2 atom stereocenters. The molecule has 0 saturated heterocycles. The normalized spacial score (nSPS) is 19.6. The minimum Gasteiger partial charge on any atom is -0.461 e. The van der Waals surface area contributed by atoms with Crippen molar-refractivity contribution in [3.63, 3.8) is 0 Å². The van der Waals surface area contributed by atoms with Crippen LogP contribution in [-0.4, -0.2) is 27.0 Å². The first-order valence-corrected chi connectivity index (χ1v) is 8.55. The van der Waals surface area contributed by atoms with E-state index in [1.165, 1.54) is 12.5 Å². The first-order chi connectivity index (χ1) is 12.2. The third-order valence-corrected chi connectivity index (χ3v) is 4.55. The largest absolute Gasteiger partial charge is 0.461 e. The van der Waals surface area contributed by atoms with Crippen molar-refractivity contribution in [2.24, 2.45) is 5.92 Å². The summed E-state index contributed by atoms with van der Waals surface area (Å²) in [5, 5.41) is 11.1. The Hall–Kier alpha value is -2.89. The summed E-state index contributed by atoms with van der Waals surface area (Å²) in [5.41, 5.74) is 0.808. The zero-order valence-corrected chi connectivity index (χ0v) is 14.1. The van der Waals surface area contributed by atoms with Gasteiger partial charge >= 0.3 is 0 Å². The summed E-state index contributed by atoms with van der Waals surface area (Å²) in [6, 6.07) is 9.66. The van der Waals surface area contributed by atoms with Gasteiger partial charge in [-0.05, 0) is 42.7 Å². The molecule has 3 heterocycles. The lowest BCUT2D eigenvalue weighted by Gasteiger charge is -2.01. The van der Waals surface area contributed by atoms with Crippen molar-refractivity contribution in [2.75, 3.05) is 6.54 Å². The molecule has 3 aromatic heterocycles. The molecule has 0 radical (unpaired) electrons. The van der Waals surface area contributed by atoms with Crippen LogP contribution in [0.25, 0.3) is 11.7 Å². The van der Waals surface area contributed by atoms with Crippen LogP contribution in [0.4, 0.5) is 0 Å². The zero-order chi connectivity index (χ0) is 17.2. The van der Waals surface area contributed by atoms with Crippen LogP contribution in [0.3, 0.4) is 0 Å². The lowest BCUT2D eigenvalue weighted by Crippen LogP contribution is -2.24. The van der Waals surface area contributed by atoms with Gasteiger partial charge in [-0.3, -0.25) is 9.20 Å². The van der Waals surface area contributed by atoms with Crippen molar-refractivity contribution in [1.82, 2.24) is 19.9 Å². The Balaban J connectivity index is 1.28. The minimum atomic E-state index is -0.147. The van der Waals surface area contributed by atoms with E-state index in [0.29, 0.717) is 30.6 Å². The van der Waals surface area contributed by atoms with E-state index in [2.05, 4.69) is 22.4 Å². The van der Waals surface area contributed by atoms with Gasteiger partial charge < -0.3 is 9.73 Å². The highest BCUT2D eigenvalue weighted by Gasteiger charge is 2.36. The number of amides is 1. The van der Waals surface area contributed by atoms with Crippen LogP contribution in [0, 0.1) is 5.92 Å². The van der Waals surface area contributed by atoms with Gasteiger partial charge in [-0.2, -0.15) is 0 Å². The molecule has 1 aliphatic carbocycles. The molecule has 1 N–H and O–H groups in total. The van der Waals surface area contributed by atoms with Gasteiger partial charge in [0.15, 0.2) is 5.65 Å². The summed E-state index contributed by atoms with van der Waals surface area (Å²) in [6.07, 6.45) is 6.94. The van der Waals surface area contributed by atoms with Crippen molar-refractivity contribution in [3.8, 4) is 0 Å². The number of furan rings is 1. The predicted molar refractivity (Wildman–Crippen MR) is 94.0 cm³/mol. The molecule has 1 amide bonds. The van der Waals surface area contributed by atoms with E-state index in [4.69, 9.17) is 4.42 Å². The van der Waals surface area contributed by atoms with Gasteiger partial charge in [-0.25, -0.2) is 0 Å². The standard InChI is InChI=1S/C19H20N4O2/c1-13-12-15(13)16-7-5-14(25-16)6-8-19(24)20-10-9-18-22-21-17-4-2-3-11-23(17)18/h2-8,11,13,15H,9-10,12H2,1H3,(H,20,24)/b8-6+. The van der Waals surface area contributed by atoms with Crippen molar-refractivity contribution in [3.05, 3.63) is 59.9 Å². The average molecular weight is 336 g/mol. The van der Waals surface area contributed by atoms with E-state index in [-0.39, 0.29) is 5.91 Å². The van der Waals surface area contributed by atoms with E-state index >= 15 is 0 Å². The monoisotopic (exact) mass is 336 g/mol. The summed E-state index contributed by atoms with van der Waals surface area (Å²) in [5.74, 6) is 3.67. The van der Waals surface area contributed by atoms with Crippen LogP contribution in [0.1, 0.15) is 36.6 Å². The quantitative estimate of drug-likeness (QED) is 0.703. The average Bonchev–Trinajstić information content (AvgIpc) is 3.02. The fraction of sp³-hybridized carbons (Fsp3) is 0.316. The lowest BCUT2D eigenvalue weighted by atomic mass is 10.3. The Morgan fingerprint density at radius 3 is 3.08 bits per heavy atom. The number of hydrogen-bond acceptors (Lipinski definition) is 4. The summed E-state index contributed by atoms with van der Waals surface area (Å²) in [4.78, 5) is 11.9. The molecule has 6 heteroatoms. The molecule has 2 unspecified atom stereocenters. The van der Waals surface area contributed by atoms with Crippen LogP contribution in [0.15, 0.2) is 47.0 Å². The second-order valence-corrected chi connectivity index (χ2v) is 6.48. The maximum absolute atomic E-state index is 11.9. The zero-order valence-electron chi connectivity index (χ0n) is 14.1. The molecule has 0 spiro atoms. The highest BCUT2D eigenvalue weighted by molar-refractivity contribution is 5.91. The predicted octanol–water partition coefficient (Wildman–Crippen LogP) is 2.82. The van der Waals surface area contributed by atoms with Gasteiger partial charge in [0.25, 0.3) is 0 Å². The molecule has 6 nitrogen and oxygen atoms in total. The molecule has 25 heavy (non-hydrogen) atoms. The van der Waals surface area contributed by atoms with E-state index in [1.807, 2.05) is 40.9 Å². The summed E-state index contributed by atoms with van der Waals surface area (Å²) >= 11 is 0. The maximum atomic E-state index is 11.9. The van der Waals surface area contributed by atoms with Crippen molar-refractivity contribution >= 4 is 17.6 Å². The number of rotatable bonds is 6. The number of hydrogen-bond donors (Lipinski definition) is 1. The topological polar surface area (TPSA) is 72.4 Å². The molecule has 4 rings (SSSR count). The number of pyridine rings is 1. The van der Waals surface area contributed by atoms with E-state index in [1.54, 1.807) is 6.08 Å². The van der Waals surface area contributed by atoms with Gasteiger partial charge in [0, 0.05) is 31.2 Å². The number of nitrogens with zero attached hydrogens (tertiary/aromatic N) is 3. The second-order valence-electron chi connectivity index (χ2n) is 6.48. The maximum Gasteiger partial charge on any atom is 0.244 e. The third-order valence-electron chi connectivity index (χ3n) is 4.55. The highest BCUT2D eigenvalue weighted by Crippen LogP contribution is 2.47. The second kappa shape index (κ2) is 6.55. The number of carbonyl (C=O) groups is 1. The Morgan fingerprint density at radius 1 is 1.36 bits per heavy atom. The number of fused-ring (bicyclic) bond motifs is 1. The molecule has 1 saturated carbocycles. The molecule has 0 bridgehead atoms. The smallest absolute Gasteiger partial charge is 0.244 e. The van der Waals surface area contributed by atoms with Crippen molar-refractivity contribution in [1.29, 1.82) is 0 Å². The molecular weight excluding hydrogens is 316 g/mol. The van der Waals surface area contributed by atoms with Gasteiger partial charge in [-0.1, -0.05) is 13.0 Å². The SMILES string of the molecule is CC1CC1c1ccc(/C=C/C(=O)NCCc2nnc3ccccn23)o1. The van der Waals surface area contributed by atoms with Gasteiger partial charge in [0.05, 0.1) is 0 Å². The summed E-state index contributed by atoms with van der Waals surface area (Å²) < 4.78 is 7.67. The van der Waals surface area contributed by atoms with Crippen LogP contribution in [0.2, 0.25) is 0 Å². The highest BCUT2D eigenvalue weighted by atomic mass is 16.3. The van der Waals surface area contributed by atoms with Gasteiger partial charge in [-0.15, -0.1) is 10.2 Å². The van der Waals surface area contributed by atoms with E-state index < -0.39 is 0 Å². The Morgan fingerprint density at radius 2 is 2.24 bits per heavy atom. The molecule has 128 valence electrons. The van der Waals surface area contributed by atoms with Crippen LogP contribution in [-0.2, 0) is 11.2 Å². The third kappa shape index (κ3) is 3.47. The van der Waals surface area contributed by atoms with Gasteiger partial charge in [0.1, 0.15) is 17.3 Å². The van der Waals surface area contributed by atoms with E-state index in [0.717, 1.165) is 17.2 Å². The number of carbonyl (C=O) groups excluding carboxylic acids is 1. The number of aromatic nitrogens is 3. The van der Waals surface area contributed by atoms with Gasteiger partial charge in [0.2, 0.25) is 5.91 Å². The molecule has 1 fully saturated rings. The number of nitrogens with one attached hydrogen (secondary N) is 1. The first kappa shape index (κ1) is 15.6. The fourth-order valence-electron chi connectivity index (χ4n) is 2.95. The summed E-state index contributed by atoms with van der Waals surface area (Å²) in [6.45, 7) is 2.72. The lowest BCUT2D eigenvalue weighted by molar-refractivity contribution is -0.116. The molecule has 0 aromatic carbocycles. The van der Waals surface area contributed by atoms with Crippen LogP contribution in [0.5, 0.6) is 0 Å². The van der Waals surface area contributed by atoms with E-state index in [9.17, 15) is 4.79 Å². The molecule has 1 aliphatic rings. The van der Waals surface area contributed by atoms with Crippen LogP contribution >= 0.6 is 0 Å². The van der Waals surface area contributed by atoms with Crippen LogP contribution < -0.4 is 5.32 Å².